The normalized spacial score (nSPS) is 10.5. The number of aliphatic hydroxyl groups is 3. The van der Waals surface area contributed by atoms with Crippen LogP contribution in [0.15, 0.2) is 64.6 Å². The summed E-state index contributed by atoms with van der Waals surface area (Å²) in [4.78, 5) is 36.6. The standard InChI is InChI=1S/3C6H6O4.Ga/c3*7-3-5-6(9)4(8)1-2-10-5;/h3*1-2,7,9H,3H2;/q;;;+3/p-3. The Hall–Kier alpha value is -3.23. The Morgan fingerprint density at radius 3 is 1.16 bits per heavy atom. The average Bonchev–Trinajstić information content (AvgIpc) is 2.77. The predicted molar refractivity (Wildman–Crippen MR) is 100 cm³/mol. The molecule has 3 aromatic heterocycles. The van der Waals surface area contributed by atoms with Crippen molar-refractivity contribution >= 4 is 17.3 Å². The second-order valence-corrected chi connectivity index (χ2v) is 8.42. The molecular weight excluding hydrogens is 478 g/mol. The molecule has 0 radical (unpaired) electrons. The zero-order valence-corrected chi connectivity index (χ0v) is 18.1. The first-order valence-corrected chi connectivity index (χ1v) is 11.6. The molecule has 0 spiro atoms. The van der Waals surface area contributed by atoms with Gasteiger partial charge in [-0.1, -0.05) is 0 Å². The summed E-state index contributed by atoms with van der Waals surface area (Å²) in [6, 6.07) is 3.04. The van der Waals surface area contributed by atoms with E-state index in [9.17, 15) is 29.7 Å². The fourth-order valence-electron chi connectivity index (χ4n) is 2.39. The molecule has 0 saturated heterocycles. The number of aliphatic hydroxyl groups excluding tert-OH is 3. The Bertz CT molecular complexity index is 1060. The maximum absolute atomic E-state index is 12.2. The van der Waals surface area contributed by atoms with Crippen molar-refractivity contribution in [3.8, 4) is 17.2 Å². The second-order valence-electron chi connectivity index (χ2n) is 5.73. The van der Waals surface area contributed by atoms with Crippen LogP contribution in [0.25, 0.3) is 0 Å². The summed E-state index contributed by atoms with van der Waals surface area (Å²) in [6.45, 7) is -2.11. The van der Waals surface area contributed by atoms with Gasteiger partial charge in [0.15, 0.2) is 0 Å². The van der Waals surface area contributed by atoms with Gasteiger partial charge in [0.05, 0.1) is 0 Å². The van der Waals surface area contributed by atoms with Gasteiger partial charge in [0, 0.05) is 0 Å². The average molecular weight is 493 g/mol. The molecule has 0 unspecified atom stereocenters. The van der Waals surface area contributed by atoms with Crippen LogP contribution in [0, 0.1) is 0 Å². The third kappa shape index (κ3) is 5.09. The van der Waals surface area contributed by atoms with Crippen LogP contribution >= 0.6 is 0 Å². The Morgan fingerprint density at radius 1 is 0.613 bits per heavy atom. The first-order chi connectivity index (χ1) is 15.0. The molecule has 162 valence electrons. The van der Waals surface area contributed by atoms with E-state index in [-0.39, 0.29) is 17.3 Å². The molecule has 0 aliphatic carbocycles. The molecule has 0 fully saturated rings. The van der Waals surface area contributed by atoms with Gasteiger partial charge in [-0.25, -0.2) is 0 Å². The van der Waals surface area contributed by atoms with Crippen molar-refractivity contribution in [2.75, 3.05) is 0 Å². The van der Waals surface area contributed by atoms with Crippen LogP contribution < -0.4 is 26.9 Å². The van der Waals surface area contributed by atoms with E-state index in [0.717, 1.165) is 37.0 Å². The minimum atomic E-state index is -4.34. The molecule has 0 aromatic carbocycles. The van der Waals surface area contributed by atoms with Crippen LogP contribution in [0.1, 0.15) is 17.3 Å². The van der Waals surface area contributed by atoms with Gasteiger partial charge in [-0.2, -0.15) is 0 Å². The van der Waals surface area contributed by atoms with Crippen LogP contribution in [-0.4, -0.2) is 32.6 Å². The quantitative estimate of drug-likeness (QED) is 0.328. The van der Waals surface area contributed by atoms with Crippen molar-refractivity contribution in [1.29, 1.82) is 0 Å². The van der Waals surface area contributed by atoms with E-state index >= 15 is 0 Å². The summed E-state index contributed by atoms with van der Waals surface area (Å²) in [6.07, 6.45) is 3.11. The topological polar surface area (TPSA) is 179 Å². The van der Waals surface area contributed by atoms with Gasteiger partial charge >= 0.3 is 178 Å². The molecule has 0 aliphatic rings. The molecule has 3 aromatic rings. The van der Waals surface area contributed by atoms with Crippen LogP contribution in [-0.2, 0) is 19.8 Å². The summed E-state index contributed by atoms with van der Waals surface area (Å²) in [5.41, 5.74) is -2.07. The zero-order chi connectivity index (χ0) is 22.4. The fraction of sp³-hybridized carbons (Fsp3) is 0.167. The van der Waals surface area contributed by atoms with Crippen LogP contribution in [0.3, 0.4) is 0 Å². The van der Waals surface area contributed by atoms with Crippen molar-refractivity contribution in [2.45, 2.75) is 19.8 Å². The molecule has 0 amide bonds. The number of hydrogen-bond acceptors (Lipinski definition) is 12. The summed E-state index contributed by atoms with van der Waals surface area (Å²) in [5, 5.41) is 28.3. The first-order valence-electron chi connectivity index (χ1n) is 8.63. The van der Waals surface area contributed by atoms with Gasteiger partial charge < -0.3 is 0 Å². The van der Waals surface area contributed by atoms with Crippen LogP contribution in [0.5, 0.6) is 17.2 Å². The van der Waals surface area contributed by atoms with Gasteiger partial charge in [-0.3, -0.25) is 0 Å². The van der Waals surface area contributed by atoms with Crippen molar-refractivity contribution in [2.24, 2.45) is 0 Å². The molecule has 3 rings (SSSR count). The van der Waals surface area contributed by atoms with Crippen molar-refractivity contribution in [3.05, 3.63) is 84.9 Å². The molecule has 31 heavy (non-hydrogen) atoms. The molecule has 3 N–H and O–H groups in total. The van der Waals surface area contributed by atoms with E-state index < -0.39 is 70.7 Å². The van der Waals surface area contributed by atoms with E-state index in [2.05, 4.69) is 0 Å². The Kier molecular flexibility index (Phi) is 7.38. The van der Waals surface area contributed by atoms with Crippen LogP contribution in [0.2, 0.25) is 0 Å². The van der Waals surface area contributed by atoms with E-state index in [1.54, 1.807) is 0 Å². The molecule has 0 bridgehead atoms. The molecule has 12 nitrogen and oxygen atoms in total. The Balaban J connectivity index is 2.06. The Labute approximate surface area is 178 Å². The van der Waals surface area contributed by atoms with Gasteiger partial charge in [0.1, 0.15) is 0 Å². The summed E-state index contributed by atoms with van der Waals surface area (Å²) >= 11 is -4.34. The zero-order valence-electron chi connectivity index (χ0n) is 15.7. The van der Waals surface area contributed by atoms with Gasteiger partial charge in [0.2, 0.25) is 0 Å². The number of rotatable bonds is 9. The molecule has 3 heterocycles. The first kappa shape index (κ1) is 22.5. The minimum absolute atomic E-state index is 0.250. The SMILES string of the molecule is O=c1ccoc(CO)c1[O][Ga]([O]c1c(CO)occc1=O)[O]c1c(CO)occc1=O. The Morgan fingerprint density at radius 2 is 0.903 bits per heavy atom. The van der Waals surface area contributed by atoms with Crippen molar-refractivity contribution in [1.82, 2.24) is 0 Å². The maximum atomic E-state index is 12.2. The van der Waals surface area contributed by atoms with Gasteiger partial charge in [-0.15, -0.1) is 0 Å². The number of hydrogen-bond donors (Lipinski definition) is 3. The van der Waals surface area contributed by atoms with E-state index in [1.807, 2.05) is 0 Å². The molecule has 0 aliphatic heterocycles. The third-order valence-electron chi connectivity index (χ3n) is 3.79. The monoisotopic (exact) mass is 492 g/mol. The predicted octanol–water partition coefficient (Wildman–Crippen LogP) is -0.455. The molecule has 13 heteroatoms. The van der Waals surface area contributed by atoms with Gasteiger partial charge in [-0.05, 0) is 0 Å². The molecule has 0 saturated carbocycles. The van der Waals surface area contributed by atoms with E-state index in [1.165, 1.54) is 0 Å². The summed E-state index contributed by atoms with van der Waals surface area (Å²) in [5.74, 6) is -2.11. The summed E-state index contributed by atoms with van der Waals surface area (Å²) in [7, 11) is 0. The third-order valence-corrected chi connectivity index (χ3v) is 6.49. The molecular formula is C18H15GaO12. The van der Waals surface area contributed by atoms with Crippen molar-refractivity contribution in [3.63, 3.8) is 0 Å². The van der Waals surface area contributed by atoms with E-state index in [0.29, 0.717) is 0 Å². The molecule has 0 atom stereocenters. The van der Waals surface area contributed by atoms with Gasteiger partial charge in [0.25, 0.3) is 0 Å². The fourth-order valence-corrected chi connectivity index (χ4v) is 5.47. The van der Waals surface area contributed by atoms with E-state index in [4.69, 9.17) is 23.8 Å². The second kappa shape index (κ2) is 10.2. The van der Waals surface area contributed by atoms with Crippen molar-refractivity contribution < 1.29 is 39.2 Å². The summed E-state index contributed by atoms with van der Waals surface area (Å²) < 4.78 is 31.7. The van der Waals surface area contributed by atoms with Crippen LogP contribution in [0.4, 0.5) is 0 Å².